The molecule has 0 amide bonds. The second-order valence-corrected chi connectivity index (χ2v) is 2.78. The van der Waals surface area contributed by atoms with Gasteiger partial charge in [0.05, 0.1) is 6.61 Å². The van der Waals surface area contributed by atoms with Crippen LogP contribution >= 0.6 is 0 Å². The van der Waals surface area contributed by atoms with Crippen LogP contribution in [0, 0.1) is 0 Å². The highest BCUT2D eigenvalue weighted by molar-refractivity contribution is 5.92. The van der Waals surface area contributed by atoms with Gasteiger partial charge in [-0.3, -0.25) is 0 Å². The maximum atomic E-state index is 11.1. The Morgan fingerprint density at radius 1 is 1.50 bits per heavy atom. The molecular formula is C12H16O4. The number of phenolic OH excluding ortho intramolecular Hbond substituents is 1. The monoisotopic (exact) mass is 224 g/mol. The first-order valence-electron chi connectivity index (χ1n) is 4.80. The van der Waals surface area contributed by atoms with Crippen LogP contribution in [0.4, 0.5) is 0 Å². The van der Waals surface area contributed by atoms with Gasteiger partial charge in [0.25, 0.3) is 0 Å². The highest BCUT2D eigenvalue weighted by Gasteiger charge is 2.10. The van der Waals surface area contributed by atoms with Gasteiger partial charge in [0.2, 0.25) is 0 Å². The minimum absolute atomic E-state index is 0.0623. The number of para-hydroxylation sites is 1. The summed E-state index contributed by atoms with van der Waals surface area (Å²) in [4.78, 5) is 11.1. The quantitative estimate of drug-likeness (QED) is 0.606. The Kier molecular flexibility index (Phi) is 7.53. The van der Waals surface area contributed by atoms with Crippen molar-refractivity contribution in [3.05, 3.63) is 42.5 Å². The fraction of sp³-hybridized carbons (Fsp3) is 0.250. The molecule has 16 heavy (non-hydrogen) atoms. The third kappa shape index (κ3) is 5.17. The number of hydrogen-bond acceptors (Lipinski definition) is 4. The Bertz CT molecular complexity index is 334. The van der Waals surface area contributed by atoms with Crippen molar-refractivity contribution in [3.8, 4) is 5.75 Å². The van der Waals surface area contributed by atoms with Crippen LogP contribution in [-0.4, -0.2) is 29.4 Å². The van der Waals surface area contributed by atoms with Crippen molar-refractivity contribution in [1.29, 1.82) is 0 Å². The zero-order valence-corrected chi connectivity index (χ0v) is 9.22. The van der Waals surface area contributed by atoms with E-state index in [-0.39, 0.29) is 24.5 Å². The predicted octanol–water partition coefficient (Wildman–Crippen LogP) is 1.73. The summed E-state index contributed by atoms with van der Waals surface area (Å²) in [6, 6.07) is 6.08. The summed E-state index contributed by atoms with van der Waals surface area (Å²) in [5.74, 6) is -0.752. The molecule has 0 aliphatic heterocycles. The maximum absolute atomic E-state index is 11.1. The van der Waals surface area contributed by atoms with Gasteiger partial charge in [-0.2, -0.15) is 0 Å². The Hall–Kier alpha value is -1.81. The second-order valence-electron chi connectivity index (χ2n) is 2.78. The Morgan fingerprint density at radius 3 is 2.56 bits per heavy atom. The topological polar surface area (TPSA) is 66.8 Å². The minimum Gasteiger partial charge on any atom is -0.507 e. The standard InChI is InChI=1S/C9H10O4.C3H6/c10-5-6-13-9(12)7-3-1-2-4-8(7)11;1-3-2/h1-4,10-11H,5-6H2;3H,1H2,2H3. The fourth-order valence-corrected chi connectivity index (χ4v) is 0.862. The molecular weight excluding hydrogens is 208 g/mol. The molecule has 0 atom stereocenters. The minimum atomic E-state index is -0.632. The second kappa shape index (κ2) is 8.49. The number of allylic oxidation sites excluding steroid dienone is 1. The molecule has 4 nitrogen and oxygen atoms in total. The first-order valence-corrected chi connectivity index (χ1v) is 4.80. The molecule has 0 fully saturated rings. The van der Waals surface area contributed by atoms with Crippen molar-refractivity contribution in [3.63, 3.8) is 0 Å². The van der Waals surface area contributed by atoms with E-state index in [4.69, 9.17) is 5.11 Å². The van der Waals surface area contributed by atoms with Gasteiger partial charge in [-0.25, -0.2) is 4.79 Å². The summed E-state index contributed by atoms with van der Waals surface area (Å²) < 4.78 is 4.61. The first kappa shape index (κ1) is 14.2. The molecule has 4 heteroatoms. The average molecular weight is 224 g/mol. The van der Waals surface area contributed by atoms with Gasteiger partial charge >= 0.3 is 5.97 Å². The lowest BCUT2D eigenvalue weighted by atomic mass is 10.2. The smallest absolute Gasteiger partial charge is 0.341 e. The Morgan fingerprint density at radius 2 is 2.06 bits per heavy atom. The normalized spacial score (nSPS) is 8.62. The van der Waals surface area contributed by atoms with Crippen molar-refractivity contribution in [2.24, 2.45) is 0 Å². The number of rotatable bonds is 3. The SMILES string of the molecule is C=CC.O=C(OCCO)c1ccccc1O. The fourth-order valence-electron chi connectivity index (χ4n) is 0.862. The van der Waals surface area contributed by atoms with Crippen LogP contribution in [-0.2, 0) is 4.74 Å². The molecule has 0 aliphatic rings. The summed E-state index contributed by atoms with van der Waals surface area (Å²) in [5.41, 5.74) is 0.107. The molecule has 1 aromatic carbocycles. The number of benzene rings is 1. The van der Waals surface area contributed by atoms with Crippen LogP contribution in [0.1, 0.15) is 17.3 Å². The Balaban J connectivity index is 0.000000673. The summed E-state index contributed by atoms with van der Waals surface area (Å²) >= 11 is 0. The number of phenols is 1. The van der Waals surface area contributed by atoms with Gasteiger partial charge in [0.15, 0.2) is 0 Å². The lowest BCUT2D eigenvalue weighted by molar-refractivity contribution is 0.0430. The summed E-state index contributed by atoms with van der Waals surface area (Å²) in [5, 5.41) is 17.6. The highest BCUT2D eigenvalue weighted by atomic mass is 16.5. The van der Waals surface area contributed by atoms with Gasteiger partial charge in [-0.1, -0.05) is 18.2 Å². The van der Waals surface area contributed by atoms with Gasteiger partial charge in [0.1, 0.15) is 17.9 Å². The van der Waals surface area contributed by atoms with Crippen molar-refractivity contribution in [2.45, 2.75) is 6.92 Å². The van der Waals surface area contributed by atoms with E-state index >= 15 is 0 Å². The maximum Gasteiger partial charge on any atom is 0.341 e. The van der Waals surface area contributed by atoms with Crippen LogP contribution in [0.2, 0.25) is 0 Å². The third-order valence-corrected chi connectivity index (χ3v) is 1.45. The van der Waals surface area contributed by atoms with Crippen molar-refractivity contribution in [1.82, 2.24) is 0 Å². The van der Waals surface area contributed by atoms with Gasteiger partial charge in [-0.15, -0.1) is 6.58 Å². The number of carbonyl (C=O) groups is 1. The van der Waals surface area contributed by atoms with Crippen molar-refractivity contribution >= 4 is 5.97 Å². The third-order valence-electron chi connectivity index (χ3n) is 1.45. The number of carbonyl (C=O) groups excluding carboxylic acids is 1. The molecule has 0 heterocycles. The van der Waals surface area contributed by atoms with E-state index in [2.05, 4.69) is 11.3 Å². The average Bonchev–Trinajstić information content (AvgIpc) is 2.27. The zero-order chi connectivity index (χ0) is 12.4. The van der Waals surface area contributed by atoms with E-state index in [9.17, 15) is 9.90 Å². The molecule has 1 aromatic rings. The molecule has 1 rings (SSSR count). The number of esters is 1. The van der Waals surface area contributed by atoms with Gasteiger partial charge in [-0.05, 0) is 19.1 Å². The van der Waals surface area contributed by atoms with E-state index in [1.165, 1.54) is 12.1 Å². The summed E-state index contributed by atoms with van der Waals surface area (Å²) in [6.45, 7) is 4.96. The van der Waals surface area contributed by atoms with E-state index in [1.54, 1.807) is 18.2 Å². The molecule has 0 bridgehead atoms. The van der Waals surface area contributed by atoms with Crippen LogP contribution in [0.5, 0.6) is 5.75 Å². The molecule has 0 spiro atoms. The van der Waals surface area contributed by atoms with Crippen LogP contribution < -0.4 is 0 Å². The summed E-state index contributed by atoms with van der Waals surface area (Å²) in [6.07, 6.45) is 1.75. The molecule has 0 aliphatic carbocycles. The highest BCUT2D eigenvalue weighted by Crippen LogP contribution is 2.16. The molecule has 88 valence electrons. The van der Waals surface area contributed by atoms with Crippen molar-refractivity contribution in [2.75, 3.05) is 13.2 Å². The predicted molar refractivity (Wildman–Crippen MR) is 61.3 cm³/mol. The van der Waals surface area contributed by atoms with Crippen LogP contribution in [0.15, 0.2) is 36.9 Å². The van der Waals surface area contributed by atoms with Crippen LogP contribution in [0.25, 0.3) is 0 Å². The number of aliphatic hydroxyl groups is 1. The number of ether oxygens (including phenoxy) is 1. The number of aliphatic hydroxyl groups excluding tert-OH is 1. The lowest BCUT2D eigenvalue weighted by Gasteiger charge is -2.03. The van der Waals surface area contributed by atoms with E-state index in [1.807, 2.05) is 6.92 Å². The van der Waals surface area contributed by atoms with Crippen LogP contribution in [0.3, 0.4) is 0 Å². The van der Waals surface area contributed by atoms with E-state index in [0.717, 1.165) is 0 Å². The first-order chi connectivity index (χ1) is 7.67. The molecule has 2 N–H and O–H groups in total. The largest absolute Gasteiger partial charge is 0.507 e. The van der Waals surface area contributed by atoms with Gasteiger partial charge < -0.3 is 14.9 Å². The summed E-state index contributed by atoms with van der Waals surface area (Å²) in [7, 11) is 0. The molecule has 0 aromatic heterocycles. The number of hydrogen-bond donors (Lipinski definition) is 2. The van der Waals surface area contributed by atoms with E-state index < -0.39 is 5.97 Å². The van der Waals surface area contributed by atoms with Gasteiger partial charge in [0, 0.05) is 0 Å². The molecule has 0 saturated heterocycles. The Labute approximate surface area is 94.8 Å². The van der Waals surface area contributed by atoms with Crippen molar-refractivity contribution < 1.29 is 19.7 Å². The zero-order valence-electron chi connectivity index (χ0n) is 9.22. The van der Waals surface area contributed by atoms with E-state index in [0.29, 0.717) is 0 Å². The number of aromatic hydroxyl groups is 1. The lowest BCUT2D eigenvalue weighted by Crippen LogP contribution is -2.08. The molecule has 0 saturated carbocycles. The molecule has 0 radical (unpaired) electrons. The molecule has 0 unspecified atom stereocenters.